The van der Waals surface area contributed by atoms with Gasteiger partial charge in [0, 0.05) is 0 Å². The van der Waals surface area contributed by atoms with E-state index in [0.29, 0.717) is 15.1 Å². The second kappa shape index (κ2) is 21.3. The van der Waals surface area contributed by atoms with Crippen LogP contribution in [0.15, 0.2) is 252 Å². The van der Waals surface area contributed by atoms with Crippen molar-refractivity contribution in [2.75, 3.05) is 0 Å². The van der Waals surface area contributed by atoms with E-state index >= 15 is 14.4 Å². The van der Waals surface area contributed by atoms with Gasteiger partial charge in [0.05, 0.1) is 0 Å². The van der Waals surface area contributed by atoms with Crippen molar-refractivity contribution in [2.24, 2.45) is 0 Å². The van der Waals surface area contributed by atoms with Crippen molar-refractivity contribution >= 4 is 118 Å². The number of rotatable bonds is 6. The van der Waals surface area contributed by atoms with Gasteiger partial charge >= 0.3 is 426 Å². The van der Waals surface area contributed by atoms with E-state index in [2.05, 4.69) is 0 Å². The van der Waals surface area contributed by atoms with Gasteiger partial charge < -0.3 is 0 Å². The number of carbonyl (C=O) groups excluding carboxylic acids is 3. The summed E-state index contributed by atoms with van der Waals surface area (Å²) in [6, 6.07) is 68.7. The van der Waals surface area contributed by atoms with Crippen molar-refractivity contribution in [3.8, 4) is 0 Å². The van der Waals surface area contributed by atoms with E-state index in [1.807, 2.05) is 182 Å². The maximum atomic E-state index is 15.5. The normalized spacial score (nSPS) is 15.6. The predicted molar refractivity (Wildman–Crippen MR) is 280 cm³/mol. The van der Waals surface area contributed by atoms with Crippen LogP contribution in [0, 0.1) is 0 Å². The number of benzene rings is 6. The molecule has 0 aliphatic carbocycles. The summed E-state index contributed by atoms with van der Waals surface area (Å²) in [7, 11) is 4.03. The Bertz CT molecular complexity index is 2800. The Balaban J connectivity index is 1.27. The number of nitrogens with zero attached hydrogens (tertiary/aromatic N) is 3. The molecule has 0 saturated carbocycles. The summed E-state index contributed by atoms with van der Waals surface area (Å²) in [5.74, 6) is -1.82. The van der Waals surface area contributed by atoms with Crippen molar-refractivity contribution < 1.29 is 23.6 Å². The van der Waals surface area contributed by atoms with E-state index in [-0.39, 0.29) is 16.7 Å². The summed E-state index contributed by atoms with van der Waals surface area (Å²) in [5, 5.41) is 1.08. The van der Waals surface area contributed by atoms with Crippen molar-refractivity contribution in [1.82, 2.24) is 15.0 Å². The van der Waals surface area contributed by atoms with Crippen LogP contribution in [0.1, 0.15) is 31.1 Å². The van der Waals surface area contributed by atoms with E-state index < -0.39 is 70.1 Å². The fraction of sp³-hybridized carbons (Fsp3) is 0. The molecule has 1 aliphatic rings. The van der Waals surface area contributed by atoms with Crippen molar-refractivity contribution in [1.29, 1.82) is 0 Å². The molecular weight excluding hydrogens is 1240 g/mol. The van der Waals surface area contributed by atoms with Crippen LogP contribution >= 0.6 is 26.8 Å². The molecule has 3 aromatic heterocycles. The van der Waals surface area contributed by atoms with Gasteiger partial charge in [0.2, 0.25) is 0 Å². The Hall–Kier alpha value is -5.37. The quantitative estimate of drug-likeness (QED) is 0.151. The van der Waals surface area contributed by atoms with Crippen LogP contribution in [0.25, 0.3) is 0 Å². The van der Waals surface area contributed by atoms with Gasteiger partial charge in [-0.05, 0) is 0 Å². The van der Waals surface area contributed by atoms with E-state index in [4.69, 9.17) is 24.2 Å². The molecule has 0 spiro atoms. The van der Waals surface area contributed by atoms with Gasteiger partial charge in [0.25, 0.3) is 0 Å². The fourth-order valence-corrected chi connectivity index (χ4v) is 55.0. The van der Waals surface area contributed by atoms with Gasteiger partial charge in [0.1, 0.15) is 0 Å². The number of pyridine rings is 3. The van der Waals surface area contributed by atoms with E-state index in [1.54, 1.807) is 55.0 Å². The third-order valence-corrected chi connectivity index (χ3v) is 60.0. The molecule has 336 valence electrons. The van der Waals surface area contributed by atoms with Crippen LogP contribution in [0.4, 0.5) is 0 Å². The Kier molecular flexibility index (Phi) is 14.6. The van der Waals surface area contributed by atoms with E-state index in [0.717, 1.165) is 21.5 Å². The Morgan fingerprint density at radius 2 is 0.478 bits per heavy atom. The van der Waals surface area contributed by atoms with E-state index in [1.165, 1.54) is 26.8 Å². The fourth-order valence-electron chi connectivity index (χ4n) is 8.06. The minimum absolute atomic E-state index is 0.212. The van der Waals surface area contributed by atoms with Gasteiger partial charge in [-0.1, -0.05) is 0 Å². The van der Waals surface area contributed by atoms with Gasteiger partial charge in [-0.15, -0.1) is 0 Å². The maximum absolute atomic E-state index is 15.5. The Labute approximate surface area is 421 Å². The first-order valence-corrected chi connectivity index (χ1v) is 46.8. The summed E-state index contributed by atoms with van der Waals surface area (Å²) < 4.78 is 26.6. The van der Waals surface area contributed by atoms with Gasteiger partial charge in [-0.25, -0.2) is 0 Å². The second-order valence-electron chi connectivity index (χ2n) is 15.6. The van der Waals surface area contributed by atoms with Crippen LogP contribution in [0.3, 0.4) is 0 Å². The van der Waals surface area contributed by atoms with Gasteiger partial charge in [-0.2, -0.15) is 0 Å². The average Bonchev–Trinajstić information content (AvgIpc) is 3.42. The zero-order chi connectivity index (χ0) is 47.1. The molecular formula is C54H39N3O6S3Sn3. The molecule has 1 aliphatic heterocycles. The van der Waals surface area contributed by atoms with Crippen molar-refractivity contribution in [3.63, 3.8) is 0 Å². The zero-order valence-corrected chi connectivity index (χ0v) is 47.5. The Morgan fingerprint density at radius 1 is 0.275 bits per heavy atom. The molecule has 10 rings (SSSR count). The van der Waals surface area contributed by atoms with Crippen molar-refractivity contribution in [3.05, 3.63) is 254 Å². The van der Waals surface area contributed by atoms with Gasteiger partial charge in [-0.3, -0.25) is 0 Å². The molecule has 9 nitrogen and oxygen atoms in total. The molecule has 69 heavy (non-hydrogen) atoms. The molecule has 0 saturated heterocycles. The number of fused-ring (bicyclic) bond motifs is 3. The minimum atomic E-state index is -5.04. The number of carbonyl (C=O) groups is 3. The third kappa shape index (κ3) is 9.75. The van der Waals surface area contributed by atoms with Crippen LogP contribution < -0.4 is 21.5 Å². The van der Waals surface area contributed by atoms with Crippen molar-refractivity contribution in [2.45, 2.75) is 15.1 Å². The first kappa shape index (κ1) is 47.3. The molecule has 0 unspecified atom stereocenters. The predicted octanol–water partition coefficient (Wildman–Crippen LogP) is 7.80. The summed E-state index contributed by atoms with van der Waals surface area (Å²) in [4.78, 5) is 61.2. The zero-order valence-electron chi connectivity index (χ0n) is 36.5. The van der Waals surface area contributed by atoms with Gasteiger partial charge in [0.15, 0.2) is 0 Å². The average molecular weight is 1280 g/mol. The van der Waals surface area contributed by atoms with Crippen LogP contribution in [0.5, 0.6) is 0 Å². The topological polar surface area (TPSA) is 118 Å². The number of hydrogen-bond acceptors (Lipinski definition) is 12. The molecule has 0 fully saturated rings. The molecule has 0 atom stereocenters. The first-order chi connectivity index (χ1) is 33.9. The molecule has 0 radical (unpaired) electrons. The third-order valence-electron chi connectivity index (χ3n) is 11.3. The van der Waals surface area contributed by atoms with E-state index in [9.17, 15) is 0 Å². The summed E-state index contributed by atoms with van der Waals surface area (Å²) in [6.07, 6.45) is 4.92. The molecule has 15 heteroatoms. The van der Waals surface area contributed by atoms with Crippen LogP contribution in [-0.2, 0) is 9.22 Å². The molecule has 9 aromatic rings. The molecule has 4 heterocycles. The van der Waals surface area contributed by atoms with Crippen LogP contribution in [-0.4, -0.2) is 85.1 Å². The SMILES string of the molecule is O=C1[O][Sn]([c]2ccccc2)([c]2ccccc2)[S]c2ncccc2C(=O)[O][Sn]([c]2ccccc2)([c]2ccccc2)[S]c2ncccc2C(=O)[O][Sn]([c]2ccccc2)([c]2ccccc2)[S]c2ncccc21. The summed E-state index contributed by atoms with van der Waals surface area (Å²) >= 11 is -15.1. The monoisotopic (exact) mass is 1280 g/mol. The number of hydrogen-bond donors (Lipinski definition) is 0. The molecule has 0 bridgehead atoms. The standard InChI is InChI=1S/3C6H5NO2S.6C6H5.3Sn/c3*8-6(9)4-2-1-3-7-5(4)10;6*1-2-4-6-5-3-1;;;/h3*1-3H,(H,7,10)(H,8,9);6*1-5H;;;/q;;;;;;;;;3*+2/p-6. The Morgan fingerprint density at radius 3 is 0.681 bits per heavy atom. The number of aromatic nitrogens is 3. The second-order valence-corrected chi connectivity index (χ2v) is 56.4. The molecule has 6 aromatic carbocycles. The molecule has 0 N–H and O–H groups in total. The summed E-state index contributed by atoms with van der Waals surface area (Å²) in [6.45, 7) is 0. The summed E-state index contributed by atoms with van der Waals surface area (Å²) in [5.41, 5.74) is 0.636. The molecule has 0 amide bonds. The first-order valence-electron chi connectivity index (χ1n) is 21.8. The van der Waals surface area contributed by atoms with Crippen LogP contribution in [0.2, 0.25) is 0 Å².